The Bertz CT molecular complexity index is 1170. The van der Waals surface area contributed by atoms with Crippen molar-refractivity contribution >= 4 is 29.8 Å². The minimum Gasteiger partial charge on any atom is -0.488 e. The summed E-state index contributed by atoms with van der Waals surface area (Å²) in [6.45, 7) is 2.93. The minimum atomic E-state index is -0.422. The first-order valence-electron chi connectivity index (χ1n) is 11.2. The van der Waals surface area contributed by atoms with E-state index >= 15 is 0 Å². The zero-order valence-corrected chi connectivity index (χ0v) is 19.1. The molecule has 0 bridgehead atoms. The van der Waals surface area contributed by atoms with E-state index in [9.17, 15) is 14.4 Å². The van der Waals surface area contributed by atoms with E-state index in [2.05, 4.69) is 14.7 Å². The van der Waals surface area contributed by atoms with Crippen molar-refractivity contribution in [2.24, 2.45) is 4.99 Å². The number of aromatic nitrogens is 2. The number of hydrogen-bond donors (Lipinski definition) is 0. The molecular formula is C24H27N5O5. The number of carbonyl (C=O) groups excluding carboxylic acids is 3. The lowest BCUT2D eigenvalue weighted by molar-refractivity contribution is -0.134. The van der Waals surface area contributed by atoms with E-state index in [4.69, 9.17) is 4.74 Å². The number of methoxy groups -OCH3 is 1. The molecule has 2 aliphatic rings. The molecule has 4 heterocycles. The first-order chi connectivity index (χ1) is 16.6. The van der Waals surface area contributed by atoms with E-state index in [0.29, 0.717) is 55.1 Å². The summed E-state index contributed by atoms with van der Waals surface area (Å²) >= 11 is 0. The molecule has 1 saturated heterocycles. The smallest absolute Gasteiger partial charge is 0.330 e. The van der Waals surface area contributed by atoms with Crippen LogP contribution in [0.4, 0.5) is 11.5 Å². The van der Waals surface area contributed by atoms with E-state index in [1.807, 2.05) is 15.9 Å². The number of carbonyl (C=O) groups is 3. The third-order valence-corrected chi connectivity index (χ3v) is 5.70. The Morgan fingerprint density at radius 2 is 2.06 bits per heavy atom. The van der Waals surface area contributed by atoms with Gasteiger partial charge in [-0.05, 0) is 31.4 Å². The summed E-state index contributed by atoms with van der Waals surface area (Å²) in [7, 11) is 1.32. The average Bonchev–Trinajstić information content (AvgIpc) is 3.42. The van der Waals surface area contributed by atoms with E-state index in [-0.39, 0.29) is 5.91 Å². The molecule has 0 aliphatic carbocycles. The van der Waals surface area contributed by atoms with Gasteiger partial charge in [-0.3, -0.25) is 19.1 Å². The molecule has 4 rings (SSSR count). The molecule has 0 unspecified atom stereocenters. The van der Waals surface area contributed by atoms with E-state index in [1.165, 1.54) is 17.8 Å². The molecule has 34 heavy (non-hydrogen) atoms. The van der Waals surface area contributed by atoms with Crippen LogP contribution < -0.4 is 15.1 Å². The topological polar surface area (TPSA) is 106 Å². The van der Waals surface area contributed by atoms with Crippen LogP contribution in [0.25, 0.3) is 0 Å². The molecule has 10 nitrogen and oxygen atoms in total. The number of amides is 1. The maximum Gasteiger partial charge on any atom is 0.330 e. The van der Waals surface area contributed by atoms with Crippen LogP contribution >= 0.6 is 0 Å². The highest BCUT2D eigenvalue weighted by molar-refractivity contribution is 5.95. The van der Waals surface area contributed by atoms with Gasteiger partial charge in [-0.25, -0.2) is 9.78 Å². The average molecular weight is 466 g/mol. The zero-order chi connectivity index (χ0) is 23.9. The molecule has 2 aliphatic heterocycles. The number of hydrogen-bond acceptors (Lipinski definition) is 8. The van der Waals surface area contributed by atoms with Gasteiger partial charge in [0.05, 0.1) is 19.2 Å². The summed E-state index contributed by atoms with van der Waals surface area (Å²) in [5.74, 6) is 0.714. The monoisotopic (exact) mass is 465 g/mol. The number of fused-ring (bicyclic) bond motifs is 1. The second kappa shape index (κ2) is 10.8. The zero-order valence-electron chi connectivity index (χ0n) is 19.1. The number of likely N-dealkylation sites (tertiary alicyclic amines) is 1. The lowest BCUT2D eigenvalue weighted by Crippen LogP contribution is -2.32. The van der Waals surface area contributed by atoms with Gasteiger partial charge in [0.25, 0.3) is 5.91 Å². The van der Waals surface area contributed by atoms with Crippen LogP contribution in [-0.2, 0) is 14.3 Å². The van der Waals surface area contributed by atoms with Crippen LogP contribution in [0.1, 0.15) is 29.6 Å². The van der Waals surface area contributed by atoms with Gasteiger partial charge in [-0.15, -0.1) is 0 Å². The van der Waals surface area contributed by atoms with Gasteiger partial charge in [-0.1, -0.05) is 6.08 Å². The fraction of sp³-hybridized carbons (Fsp3) is 0.375. The van der Waals surface area contributed by atoms with Crippen molar-refractivity contribution < 1.29 is 23.9 Å². The first kappa shape index (κ1) is 23.2. The van der Waals surface area contributed by atoms with Gasteiger partial charge >= 0.3 is 5.97 Å². The lowest BCUT2D eigenvalue weighted by atomic mass is 10.2. The molecule has 0 radical (unpaired) electrons. The van der Waals surface area contributed by atoms with Gasteiger partial charge in [-0.2, -0.15) is 0 Å². The molecule has 2 aromatic rings. The molecule has 1 amide bonds. The SMILES string of the molecule is COC(=O)/C=C\CCN=c1cc(N2CCOc3cc(C(=O)N4CCCC4)cnc32)ccn1C=O. The second-order valence-corrected chi connectivity index (χ2v) is 7.90. The molecule has 0 spiro atoms. The number of esters is 1. The third-order valence-electron chi connectivity index (χ3n) is 5.70. The maximum atomic E-state index is 12.7. The lowest BCUT2D eigenvalue weighted by Gasteiger charge is -2.30. The van der Waals surface area contributed by atoms with Gasteiger partial charge < -0.3 is 19.3 Å². The number of pyridine rings is 2. The highest BCUT2D eigenvalue weighted by atomic mass is 16.5. The summed E-state index contributed by atoms with van der Waals surface area (Å²) in [6.07, 6.45) is 9.52. The normalized spacial score (nSPS) is 15.9. The highest BCUT2D eigenvalue weighted by Gasteiger charge is 2.25. The quantitative estimate of drug-likeness (QED) is 0.265. The maximum absolute atomic E-state index is 12.7. The van der Waals surface area contributed by atoms with Crippen molar-refractivity contribution in [3.63, 3.8) is 0 Å². The Kier molecular flexibility index (Phi) is 7.36. The Labute approximate surface area is 197 Å². The molecule has 0 N–H and O–H groups in total. The molecule has 0 aromatic carbocycles. The highest BCUT2D eigenvalue weighted by Crippen LogP contribution is 2.35. The van der Waals surface area contributed by atoms with E-state index in [1.54, 1.807) is 30.6 Å². The van der Waals surface area contributed by atoms with Gasteiger partial charge in [0, 0.05) is 49.9 Å². The van der Waals surface area contributed by atoms with Crippen LogP contribution in [0.15, 0.2) is 47.7 Å². The van der Waals surface area contributed by atoms with Gasteiger partial charge in [0.15, 0.2) is 11.6 Å². The molecule has 0 atom stereocenters. The fourth-order valence-electron chi connectivity index (χ4n) is 3.94. The van der Waals surface area contributed by atoms with Crippen LogP contribution in [0.3, 0.4) is 0 Å². The van der Waals surface area contributed by atoms with E-state index in [0.717, 1.165) is 31.6 Å². The fourth-order valence-corrected chi connectivity index (χ4v) is 3.94. The van der Waals surface area contributed by atoms with Crippen molar-refractivity contribution in [3.05, 3.63) is 53.8 Å². The molecule has 2 aromatic heterocycles. The Morgan fingerprint density at radius 3 is 2.82 bits per heavy atom. The van der Waals surface area contributed by atoms with Crippen LogP contribution in [0.2, 0.25) is 0 Å². The standard InChI is InChI=1S/C24H27N5O5/c1-33-22(31)6-2-3-8-25-21-15-19(7-11-28(21)17-30)29-12-13-34-20-14-18(16-26-23(20)29)24(32)27-9-4-5-10-27/h2,6-7,11,14-17H,3-5,8-10,12-13H2,1H3/b6-2-,25-21?. The van der Waals surface area contributed by atoms with Gasteiger partial charge in [0.1, 0.15) is 12.1 Å². The molecular weight excluding hydrogens is 438 g/mol. The summed E-state index contributed by atoms with van der Waals surface area (Å²) in [4.78, 5) is 48.2. The summed E-state index contributed by atoms with van der Waals surface area (Å²) in [5, 5.41) is 0. The summed E-state index contributed by atoms with van der Waals surface area (Å²) < 4.78 is 11.8. The number of rotatable bonds is 7. The molecule has 0 saturated carbocycles. The molecule has 10 heteroatoms. The minimum absolute atomic E-state index is 0.0254. The van der Waals surface area contributed by atoms with Crippen LogP contribution in [0.5, 0.6) is 5.75 Å². The Balaban J connectivity index is 1.56. The van der Waals surface area contributed by atoms with Crippen molar-refractivity contribution in [1.29, 1.82) is 0 Å². The predicted octanol–water partition coefficient (Wildman–Crippen LogP) is 1.71. The summed E-state index contributed by atoms with van der Waals surface area (Å²) in [5.41, 5.74) is 1.80. The predicted molar refractivity (Wildman–Crippen MR) is 125 cm³/mol. The third kappa shape index (κ3) is 5.16. The molecule has 1 fully saturated rings. The number of anilines is 2. The van der Waals surface area contributed by atoms with Crippen molar-refractivity contribution in [3.8, 4) is 5.75 Å². The number of nitrogens with zero attached hydrogens (tertiary/aromatic N) is 5. The summed E-state index contributed by atoms with van der Waals surface area (Å²) in [6, 6.07) is 5.37. The Hall–Kier alpha value is -3.95. The van der Waals surface area contributed by atoms with Crippen molar-refractivity contribution in [2.45, 2.75) is 19.3 Å². The Morgan fingerprint density at radius 1 is 1.24 bits per heavy atom. The first-order valence-corrected chi connectivity index (χ1v) is 11.2. The van der Waals surface area contributed by atoms with Crippen LogP contribution in [-0.4, -0.2) is 72.6 Å². The number of ether oxygens (including phenoxy) is 2. The van der Waals surface area contributed by atoms with Gasteiger partial charge in [0.2, 0.25) is 6.41 Å². The van der Waals surface area contributed by atoms with Crippen LogP contribution in [0, 0.1) is 0 Å². The van der Waals surface area contributed by atoms with Crippen molar-refractivity contribution in [2.75, 3.05) is 44.8 Å². The second-order valence-electron chi connectivity index (χ2n) is 7.90. The van der Waals surface area contributed by atoms with E-state index < -0.39 is 5.97 Å². The largest absolute Gasteiger partial charge is 0.488 e. The molecule has 178 valence electrons. The van der Waals surface area contributed by atoms with Crippen molar-refractivity contribution in [1.82, 2.24) is 14.5 Å².